The second kappa shape index (κ2) is 5.42. The van der Waals surface area contributed by atoms with E-state index in [0.29, 0.717) is 10.8 Å². The van der Waals surface area contributed by atoms with Crippen LogP contribution in [-0.4, -0.2) is 35.6 Å². The van der Waals surface area contributed by atoms with Crippen molar-refractivity contribution in [3.05, 3.63) is 35.5 Å². The minimum atomic E-state index is -4.40. The van der Waals surface area contributed by atoms with E-state index in [2.05, 4.69) is 4.98 Å². The lowest BCUT2D eigenvalue weighted by Crippen LogP contribution is -2.35. The van der Waals surface area contributed by atoms with Gasteiger partial charge in [-0.1, -0.05) is 26.0 Å². The van der Waals surface area contributed by atoms with Crippen LogP contribution in [0.1, 0.15) is 37.2 Å². The van der Waals surface area contributed by atoms with Crippen LogP contribution in [0.25, 0.3) is 10.9 Å². The standard InChI is InChI=1S/C15H17F3N2O.H2/c1-9(2)10-4-5-11-7-13(19-12(11)6-10)14(21)20(3)8-15(16,17)18;/h4-7,9,19H,8H2,1-3H3;1H. The highest BCUT2D eigenvalue weighted by Gasteiger charge is 2.31. The molecule has 0 radical (unpaired) electrons. The van der Waals surface area contributed by atoms with Crippen molar-refractivity contribution in [2.45, 2.75) is 25.9 Å². The number of nitrogens with zero attached hydrogens (tertiary/aromatic N) is 1. The Balaban J connectivity index is 0.00000242. The zero-order chi connectivity index (χ0) is 15.8. The quantitative estimate of drug-likeness (QED) is 0.907. The number of hydrogen-bond acceptors (Lipinski definition) is 1. The summed E-state index contributed by atoms with van der Waals surface area (Å²) in [6.45, 7) is 2.83. The molecule has 0 fully saturated rings. The van der Waals surface area contributed by atoms with E-state index in [4.69, 9.17) is 0 Å². The Morgan fingerprint density at radius 3 is 2.57 bits per heavy atom. The first-order chi connectivity index (χ1) is 9.67. The lowest BCUT2D eigenvalue weighted by atomic mass is 10.0. The Bertz CT molecular complexity index is 664. The van der Waals surface area contributed by atoms with Crippen LogP contribution in [0, 0.1) is 0 Å². The molecule has 1 N–H and O–H groups in total. The fourth-order valence-electron chi connectivity index (χ4n) is 2.17. The summed E-state index contributed by atoms with van der Waals surface area (Å²) in [6, 6.07) is 7.31. The van der Waals surface area contributed by atoms with Gasteiger partial charge in [-0.15, -0.1) is 0 Å². The third-order valence-electron chi connectivity index (χ3n) is 3.31. The Hall–Kier alpha value is -1.98. The number of aromatic amines is 1. The van der Waals surface area contributed by atoms with E-state index in [0.717, 1.165) is 23.5 Å². The van der Waals surface area contributed by atoms with Gasteiger partial charge in [-0.2, -0.15) is 13.2 Å². The number of nitrogens with one attached hydrogen (secondary N) is 1. The van der Waals surface area contributed by atoms with Gasteiger partial charge in [-0.05, 0) is 23.6 Å². The maximum absolute atomic E-state index is 12.3. The van der Waals surface area contributed by atoms with Crippen LogP contribution in [0.3, 0.4) is 0 Å². The molecular weight excluding hydrogens is 281 g/mol. The van der Waals surface area contributed by atoms with Gasteiger partial charge < -0.3 is 9.88 Å². The van der Waals surface area contributed by atoms with Crippen molar-refractivity contribution in [2.75, 3.05) is 13.6 Å². The number of carbonyl (C=O) groups is 1. The Kier molecular flexibility index (Phi) is 3.98. The van der Waals surface area contributed by atoms with Gasteiger partial charge in [0.05, 0.1) is 0 Å². The molecule has 21 heavy (non-hydrogen) atoms. The van der Waals surface area contributed by atoms with Gasteiger partial charge in [0.15, 0.2) is 0 Å². The number of carbonyl (C=O) groups excluding carboxylic acids is 1. The van der Waals surface area contributed by atoms with Gasteiger partial charge >= 0.3 is 6.18 Å². The molecule has 0 aliphatic rings. The minimum Gasteiger partial charge on any atom is -0.351 e. The van der Waals surface area contributed by atoms with Crippen molar-refractivity contribution >= 4 is 16.8 Å². The number of halogens is 3. The number of rotatable bonds is 3. The number of benzene rings is 1. The van der Waals surface area contributed by atoms with Gasteiger partial charge in [0, 0.05) is 19.4 Å². The van der Waals surface area contributed by atoms with Gasteiger partial charge in [0.1, 0.15) is 12.2 Å². The Morgan fingerprint density at radius 2 is 2.00 bits per heavy atom. The molecule has 0 aliphatic carbocycles. The smallest absolute Gasteiger partial charge is 0.351 e. The number of aromatic nitrogens is 1. The van der Waals surface area contributed by atoms with E-state index in [1.165, 1.54) is 0 Å². The summed E-state index contributed by atoms with van der Waals surface area (Å²) in [7, 11) is 1.14. The predicted molar refractivity (Wildman–Crippen MR) is 77.5 cm³/mol. The summed E-state index contributed by atoms with van der Waals surface area (Å²) >= 11 is 0. The zero-order valence-corrected chi connectivity index (χ0v) is 12.1. The molecule has 0 saturated heterocycles. The van der Waals surface area contributed by atoms with Gasteiger partial charge in [-0.3, -0.25) is 4.79 Å². The van der Waals surface area contributed by atoms with Crippen molar-refractivity contribution in [3.63, 3.8) is 0 Å². The van der Waals surface area contributed by atoms with Crippen molar-refractivity contribution in [2.24, 2.45) is 0 Å². The van der Waals surface area contributed by atoms with Gasteiger partial charge in [0.25, 0.3) is 5.91 Å². The summed E-state index contributed by atoms with van der Waals surface area (Å²) in [6.07, 6.45) is -4.40. The Labute approximate surface area is 122 Å². The normalized spacial score (nSPS) is 12.1. The van der Waals surface area contributed by atoms with Crippen LogP contribution >= 0.6 is 0 Å². The second-order valence-corrected chi connectivity index (χ2v) is 5.46. The van der Waals surface area contributed by atoms with Crippen LogP contribution in [0.5, 0.6) is 0 Å². The highest BCUT2D eigenvalue weighted by atomic mass is 19.4. The average Bonchev–Trinajstić information content (AvgIpc) is 2.78. The molecule has 1 amide bonds. The molecule has 6 heteroatoms. The van der Waals surface area contributed by atoms with Gasteiger partial charge in [-0.25, -0.2) is 0 Å². The maximum atomic E-state index is 12.3. The second-order valence-electron chi connectivity index (χ2n) is 5.46. The van der Waals surface area contributed by atoms with Crippen LogP contribution < -0.4 is 0 Å². The average molecular weight is 300 g/mol. The predicted octanol–water partition coefficient (Wildman–Crippen LogP) is 4.17. The lowest BCUT2D eigenvalue weighted by molar-refractivity contribution is -0.138. The summed E-state index contributed by atoms with van der Waals surface area (Å²) in [4.78, 5) is 15.6. The van der Waals surface area contributed by atoms with Crippen molar-refractivity contribution in [1.82, 2.24) is 9.88 Å². The van der Waals surface area contributed by atoms with Crippen molar-refractivity contribution < 1.29 is 19.4 Å². The first kappa shape index (κ1) is 15.4. The number of H-pyrrole nitrogens is 1. The molecule has 2 aromatic rings. The number of fused-ring (bicyclic) bond motifs is 1. The van der Waals surface area contributed by atoms with Gasteiger partial charge in [0.2, 0.25) is 0 Å². The fourth-order valence-corrected chi connectivity index (χ4v) is 2.17. The van der Waals surface area contributed by atoms with Crippen LogP contribution in [0.2, 0.25) is 0 Å². The molecule has 1 aromatic carbocycles. The molecule has 0 atom stereocenters. The first-order valence-corrected chi connectivity index (χ1v) is 6.62. The Morgan fingerprint density at radius 1 is 1.33 bits per heavy atom. The SMILES string of the molecule is CC(C)c1ccc2cc(C(=O)N(C)CC(F)(F)F)[nH]c2c1.[HH]. The zero-order valence-electron chi connectivity index (χ0n) is 12.1. The highest BCUT2D eigenvalue weighted by molar-refractivity contribution is 5.98. The third kappa shape index (κ3) is 3.56. The molecule has 0 bridgehead atoms. The summed E-state index contributed by atoms with van der Waals surface area (Å²) < 4.78 is 37.0. The van der Waals surface area contributed by atoms with E-state index >= 15 is 0 Å². The molecule has 116 valence electrons. The lowest BCUT2D eigenvalue weighted by Gasteiger charge is -2.17. The van der Waals surface area contributed by atoms with E-state index in [9.17, 15) is 18.0 Å². The summed E-state index contributed by atoms with van der Waals surface area (Å²) in [5.41, 5.74) is 2.02. The maximum Gasteiger partial charge on any atom is 0.406 e. The first-order valence-electron chi connectivity index (χ1n) is 6.62. The van der Waals surface area contributed by atoms with Crippen LogP contribution in [0.15, 0.2) is 24.3 Å². The molecule has 2 rings (SSSR count). The number of hydrogen-bond donors (Lipinski definition) is 1. The molecule has 1 aromatic heterocycles. The fraction of sp³-hybridized carbons (Fsp3) is 0.400. The van der Waals surface area contributed by atoms with E-state index in [1.54, 1.807) is 6.07 Å². The molecular formula is C15H19F3N2O. The van der Waals surface area contributed by atoms with E-state index in [-0.39, 0.29) is 7.12 Å². The van der Waals surface area contributed by atoms with Crippen molar-refractivity contribution in [3.8, 4) is 0 Å². The topological polar surface area (TPSA) is 36.1 Å². The van der Waals surface area contributed by atoms with Crippen molar-refractivity contribution in [1.29, 1.82) is 0 Å². The van der Waals surface area contributed by atoms with E-state index < -0.39 is 18.6 Å². The summed E-state index contributed by atoms with van der Waals surface area (Å²) in [5.74, 6) is -0.334. The molecule has 0 unspecified atom stereocenters. The monoisotopic (exact) mass is 300 g/mol. The van der Waals surface area contributed by atoms with Crippen LogP contribution in [-0.2, 0) is 0 Å². The molecule has 0 spiro atoms. The summed E-state index contributed by atoms with van der Waals surface area (Å²) in [5, 5.41) is 0.808. The number of amides is 1. The number of alkyl halides is 3. The minimum absolute atomic E-state index is 0. The van der Waals surface area contributed by atoms with E-state index in [1.807, 2.05) is 32.0 Å². The molecule has 0 saturated carbocycles. The molecule has 1 heterocycles. The highest BCUT2D eigenvalue weighted by Crippen LogP contribution is 2.23. The largest absolute Gasteiger partial charge is 0.406 e. The van der Waals surface area contributed by atoms with Crippen LogP contribution in [0.4, 0.5) is 13.2 Å². The molecule has 3 nitrogen and oxygen atoms in total. The molecule has 0 aliphatic heterocycles. The third-order valence-corrected chi connectivity index (χ3v) is 3.31.